The van der Waals surface area contributed by atoms with Crippen LogP contribution in [0.5, 0.6) is 0 Å². The monoisotopic (exact) mass is 525 g/mol. The summed E-state index contributed by atoms with van der Waals surface area (Å²) in [6, 6.07) is 7.99. The van der Waals surface area contributed by atoms with Crippen molar-refractivity contribution < 1.29 is 17.9 Å². The van der Waals surface area contributed by atoms with E-state index in [1.165, 1.54) is 11.3 Å². The molecule has 6 nitrogen and oxygen atoms in total. The number of amidine groups is 1. The summed E-state index contributed by atoms with van der Waals surface area (Å²) in [6.07, 6.45) is -4.31. The van der Waals surface area contributed by atoms with Gasteiger partial charge in [-0.25, -0.2) is 9.98 Å². The number of alkyl halides is 3. The van der Waals surface area contributed by atoms with Gasteiger partial charge in [-0.1, -0.05) is 12.1 Å². The van der Waals surface area contributed by atoms with Crippen molar-refractivity contribution >= 4 is 58.4 Å². The summed E-state index contributed by atoms with van der Waals surface area (Å²) in [6.45, 7) is 3.07. The molecular formula is C21H28Cl2F3N5OS. The topological polar surface area (TPSA) is 53.0 Å². The molecule has 0 bridgehead atoms. The minimum atomic E-state index is -4.20. The Morgan fingerprint density at radius 3 is 2.70 bits per heavy atom. The molecule has 0 amide bonds. The number of methoxy groups -OCH3 is 1. The zero-order valence-corrected chi connectivity index (χ0v) is 20.8. The fourth-order valence-electron chi connectivity index (χ4n) is 3.85. The van der Waals surface area contributed by atoms with Crippen LogP contribution < -0.4 is 5.32 Å². The Morgan fingerprint density at radius 1 is 1.21 bits per heavy atom. The number of nitrogens with one attached hydrogen (secondary N) is 1. The van der Waals surface area contributed by atoms with Crippen LogP contribution in [0, 0.1) is 0 Å². The summed E-state index contributed by atoms with van der Waals surface area (Å²) in [5.74, 6) is 0.720. The standard InChI is InChI=1S/C21H26F3N5OS.2ClH/c1-28-10-11-29(13-14(28)8-12-30-2)19-18-20(26-16-6-4-3-5-15(16)25-19)31-17(27-18)7-9-21(22,23)24;;/h3-6,14,26H,7-13H2,1-2H3;2*1H. The summed E-state index contributed by atoms with van der Waals surface area (Å²) in [5.41, 5.74) is 2.26. The molecule has 4 rings (SSSR count). The number of piperazine rings is 1. The molecule has 1 saturated heterocycles. The molecule has 12 heteroatoms. The minimum absolute atomic E-state index is 0. The van der Waals surface area contributed by atoms with Crippen molar-refractivity contribution in [1.82, 2.24) is 14.8 Å². The number of thiazole rings is 1. The maximum absolute atomic E-state index is 12.8. The van der Waals surface area contributed by atoms with E-state index in [2.05, 4.69) is 27.1 Å². The Hall–Kier alpha value is -1.59. The molecule has 1 fully saturated rings. The first kappa shape index (κ1) is 27.7. The summed E-state index contributed by atoms with van der Waals surface area (Å²) in [7, 11) is 3.80. The Bertz CT molecular complexity index is 956. The molecule has 1 unspecified atom stereocenters. The SMILES string of the molecule is COCCC1CN(C2=Nc3ccccc3Nc3sc(CCC(F)(F)F)nc32)CCN1C.Cl.Cl. The van der Waals surface area contributed by atoms with Crippen LogP contribution in [-0.2, 0) is 11.2 Å². The van der Waals surface area contributed by atoms with Gasteiger partial charge in [0.2, 0.25) is 0 Å². The maximum Gasteiger partial charge on any atom is 0.389 e. The molecule has 0 aliphatic carbocycles. The van der Waals surface area contributed by atoms with E-state index in [-0.39, 0.29) is 31.2 Å². The number of hydrogen-bond acceptors (Lipinski definition) is 7. The highest BCUT2D eigenvalue weighted by molar-refractivity contribution is 7.16. The van der Waals surface area contributed by atoms with Crippen molar-refractivity contribution in [2.24, 2.45) is 4.99 Å². The van der Waals surface area contributed by atoms with E-state index in [4.69, 9.17) is 9.73 Å². The third-order valence-corrected chi connectivity index (χ3v) is 6.65. The predicted molar refractivity (Wildman–Crippen MR) is 131 cm³/mol. The average molecular weight is 526 g/mol. The molecule has 0 radical (unpaired) electrons. The van der Waals surface area contributed by atoms with Crippen LogP contribution in [0.15, 0.2) is 29.3 Å². The van der Waals surface area contributed by atoms with Crippen LogP contribution in [0.3, 0.4) is 0 Å². The molecule has 2 aliphatic heterocycles. The number of rotatable bonds is 5. The minimum Gasteiger partial charge on any atom is -0.385 e. The molecule has 1 aromatic carbocycles. The lowest BCUT2D eigenvalue weighted by Gasteiger charge is -2.40. The first-order chi connectivity index (χ1) is 14.8. The number of likely N-dealkylation sites (N-methyl/N-ethyl adjacent to an activating group) is 1. The molecule has 33 heavy (non-hydrogen) atoms. The van der Waals surface area contributed by atoms with Crippen molar-refractivity contribution in [1.29, 1.82) is 0 Å². The molecule has 3 heterocycles. The lowest BCUT2D eigenvalue weighted by Crippen LogP contribution is -2.53. The fraction of sp³-hybridized carbons (Fsp3) is 0.524. The van der Waals surface area contributed by atoms with Crippen LogP contribution in [0.25, 0.3) is 0 Å². The molecule has 1 N–H and O–H groups in total. The van der Waals surface area contributed by atoms with Crippen molar-refractivity contribution in [3.8, 4) is 0 Å². The van der Waals surface area contributed by atoms with Crippen molar-refractivity contribution in [3.63, 3.8) is 0 Å². The van der Waals surface area contributed by atoms with Gasteiger partial charge in [-0.2, -0.15) is 13.2 Å². The van der Waals surface area contributed by atoms with Gasteiger partial charge in [-0.3, -0.25) is 4.90 Å². The number of nitrogens with zero attached hydrogens (tertiary/aromatic N) is 4. The van der Waals surface area contributed by atoms with Gasteiger partial charge in [-0.05, 0) is 25.6 Å². The maximum atomic E-state index is 12.8. The molecule has 184 valence electrons. The number of aliphatic imine (C=N–C) groups is 1. The summed E-state index contributed by atoms with van der Waals surface area (Å²) in [4.78, 5) is 14.0. The van der Waals surface area contributed by atoms with Crippen LogP contribution >= 0.6 is 36.2 Å². The fourth-order valence-corrected chi connectivity index (χ4v) is 4.82. The van der Waals surface area contributed by atoms with Crippen LogP contribution in [0.2, 0.25) is 0 Å². The van der Waals surface area contributed by atoms with E-state index < -0.39 is 12.6 Å². The zero-order valence-electron chi connectivity index (χ0n) is 18.4. The summed E-state index contributed by atoms with van der Waals surface area (Å²) < 4.78 is 43.5. The van der Waals surface area contributed by atoms with E-state index in [1.54, 1.807) is 7.11 Å². The van der Waals surface area contributed by atoms with Gasteiger partial charge in [0.05, 0.1) is 16.4 Å². The Morgan fingerprint density at radius 2 is 1.97 bits per heavy atom. The Balaban J connectivity index is 0.00000193. The lowest BCUT2D eigenvalue weighted by atomic mass is 10.1. The van der Waals surface area contributed by atoms with E-state index in [1.807, 2.05) is 24.3 Å². The van der Waals surface area contributed by atoms with E-state index >= 15 is 0 Å². The van der Waals surface area contributed by atoms with E-state index in [9.17, 15) is 13.2 Å². The number of anilines is 2. The van der Waals surface area contributed by atoms with E-state index in [0.717, 1.165) is 48.3 Å². The summed E-state index contributed by atoms with van der Waals surface area (Å²) in [5, 5.41) is 4.56. The van der Waals surface area contributed by atoms with Crippen molar-refractivity contribution in [2.45, 2.75) is 31.5 Å². The normalized spacial score (nSPS) is 18.2. The molecule has 1 atom stereocenters. The third-order valence-electron chi connectivity index (χ3n) is 5.62. The third kappa shape index (κ3) is 6.73. The van der Waals surface area contributed by atoms with Crippen LogP contribution in [-0.4, -0.2) is 73.2 Å². The van der Waals surface area contributed by atoms with Gasteiger partial charge in [0.1, 0.15) is 10.7 Å². The second kappa shape index (κ2) is 11.7. The molecule has 2 aliphatic rings. The average Bonchev–Trinajstić information content (AvgIpc) is 3.06. The van der Waals surface area contributed by atoms with Gasteiger partial charge < -0.3 is 15.0 Å². The van der Waals surface area contributed by atoms with Crippen molar-refractivity contribution in [2.75, 3.05) is 45.7 Å². The zero-order chi connectivity index (χ0) is 22.0. The molecular weight excluding hydrogens is 498 g/mol. The van der Waals surface area contributed by atoms with Crippen LogP contribution in [0.4, 0.5) is 29.5 Å². The summed E-state index contributed by atoms with van der Waals surface area (Å²) >= 11 is 1.28. The number of aryl methyl sites for hydroxylation is 1. The molecule has 1 aromatic heterocycles. The highest BCUT2D eigenvalue weighted by Crippen LogP contribution is 2.38. The molecule has 0 saturated carbocycles. The quantitative estimate of drug-likeness (QED) is 0.576. The number of para-hydroxylation sites is 2. The number of fused-ring (bicyclic) bond motifs is 2. The smallest absolute Gasteiger partial charge is 0.385 e. The van der Waals surface area contributed by atoms with Gasteiger partial charge in [0, 0.05) is 52.2 Å². The van der Waals surface area contributed by atoms with Crippen molar-refractivity contribution in [3.05, 3.63) is 35.0 Å². The largest absolute Gasteiger partial charge is 0.389 e. The predicted octanol–water partition coefficient (Wildman–Crippen LogP) is 5.27. The highest BCUT2D eigenvalue weighted by atomic mass is 35.5. The van der Waals surface area contributed by atoms with Gasteiger partial charge in [0.15, 0.2) is 5.84 Å². The lowest BCUT2D eigenvalue weighted by molar-refractivity contribution is -0.134. The number of hydrogen-bond donors (Lipinski definition) is 1. The second-order valence-electron chi connectivity index (χ2n) is 7.84. The van der Waals surface area contributed by atoms with Gasteiger partial charge in [0.25, 0.3) is 0 Å². The number of aromatic nitrogens is 1. The number of ether oxygens (including phenoxy) is 1. The second-order valence-corrected chi connectivity index (χ2v) is 8.92. The first-order valence-electron chi connectivity index (χ1n) is 10.3. The van der Waals surface area contributed by atoms with Gasteiger partial charge in [-0.15, -0.1) is 36.2 Å². The molecule has 2 aromatic rings. The van der Waals surface area contributed by atoms with E-state index in [0.29, 0.717) is 23.4 Å². The number of benzene rings is 1. The Labute approximate surface area is 208 Å². The first-order valence-corrected chi connectivity index (χ1v) is 11.1. The highest BCUT2D eigenvalue weighted by Gasteiger charge is 2.32. The van der Waals surface area contributed by atoms with Crippen LogP contribution in [0.1, 0.15) is 23.5 Å². The Kier molecular flexibility index (Phi) is 9.81. The number of halogens is 5. The molecule has 0 spiro atoms. The van der Waals surface area contributed by atoms with Gasteiger partial charge >= 0.3 is 6.18 Å².